The zero-order valence-corrected chi connectivity index (χ0v) is 10.7. The van der Waals surface area contributed by atoms with Crippen molar-refractivity contribution in [3.63, 3.8) is 0 Å². The normalized spacial score (nSPS) is 10.6. The van der Waals surface area contributed by atoms with Gasteiger partial charge in [-0.2, -0.15) is 36.8 Å². The van der Waals surface area contributed by atoms with Gasteiger partial charge in [-0.05, 0) is 0 Å². The first-order valence-electron chi connectivity index (χ1n) is 3.92. The summed E-state index contributed by atoms with van der Waals surface area (Å²) in [5, 5.41) is 0. The zero-order valence-electron chi connectivity index (χ0n) is 7.80. The molecule has 0 unspecified atom stereocenters. The third-order valence-electron chi connectivity index (χ3n) is 1.91. The van der Waals surface area contributed by atoms with E-state index in [9.17, 15) is 13.2 Å². The second-order valence-electron chi connectivity index (χ2n) is 2.86. The topological polar surface area (TPSA) is 0 Å². The van der Waals surface area contributed by atoms with Gasteiger partial charge in [0.2, 0.25) is 0 Å². The number of alkyl halides is 3. The molecule has 0 atom stereocenters. The Bertz CT molecular complexity index is 305. The van der Waals surface area contributed by atoms with Crippen molar-refractivity contribution in [3.05, 3.63) is 41.3 Å². The Balaban J connectivity index is 0.00000169. The van der Waals surface area contributed by atoms with Crippen molar-refractivity contribution in [1.82, 2.24) is 0 Å². The molecule has 0 saturated heterocycles. The molecule has 0 radical (unpaired) electrons. The van der Waals surface area contributed by atoms with E-state index in [0.717, 1.165) is 17.7 Å². The second kappa shape index (κ2) is 3.73. The Morgan fingerprint density at radius 3 is 2.14 bits per heavy atom. The fraction of sp³-hybridized carbons (Fsp3) is 0.300. The number of aryl methyl sites for hydroxylation is 1. The van der Waals surface area contributed by atoms with E-state index in [-0.39, 0.29) is 0 Å². The van der Waals surface area contributed by atoms with Crippen LogP contribution in [0.15, 0.2) is 18.2 Å². The molecule has 14 heavy (non-hydrogen) atoms. The molecule has 0 spiro atoms. The standard InChI is InChI=1S/C10H10F3.Cm/c1-3-8-4-5-9(6-7(8)2)10(11,12)13;/h3-6H,1-2H3;/q-1;. The quantitative estimate of drug-likeness (QED) is 0.593. The summed E-state index contributed by atoms with van der Waals surface area (Å²) < 4.78 is 36.6. The molecule has 1 aromatic carbocycles. The van der Waals surface area contributed by atoms with Crippen LogP contribution in [0.3, 0.4) is 0 Å². The summed E-state index contributed by atoms with van der Waals surface area (Å²) in [6.07, 6.45) is -2.45. The van der Waals surface area contributed by atoms with E-state index >= 15 is 0 Å². The third kappa shape index (κ3) is 2.19. The molecule has 0 amide bonds. The fourth-order valence-electron chi connectivity index (χ4n) is 1.18. The molecule has 0 saturated carbocycles. The Hall–Kier alpha value is -2.12. The van der Waals surface area contributed by atoms with Gasteiger partial charge in [-0.15, -0.1) is 12.1 Å². The Labute approximate surface area is 75.4 Å². The molecule has 4 heteroatoms. The van der Waals surface area contributed by atoms with Crippen LogP contribution in [0.5, 0.6) is 0 Å². The van der Waals surface area contributed by atoms with Gasteiger partial charge in [0, 0.05) is 5.56 Å². The molecule has 0 N–H and O–H groups in total. The fourth-order valence-corrected chi connectivity index (χ4v) is 1.18. The second-order valence-corrected chi connectivity index (χ2v) is 2.86. The third-order valence-corrected chi connectivity index (χ3v) is 1.91. The molecule has 0 nitrogen and oxygen atoms in total. The molecule has 1 aromatic rings. The average Bonchev–Trinajstić information content (AvgIpc) is 2.02. The number of benzene rings is 1. The van der Waals surface area contributed by atoms with E-state index in [4.69, 9.17) is 0 Å². The SMILES string of the molecule is C[CH-]c1ccc(C(F)(F)F)cc1C.[Cm]. The Kier molecular flexibility index (Phi) is 3.16. The van der Waals surface area contributed by atoms with E-state index in [0.29, 0.717) is 5.56 Å². The van der Waals surface area contributed by atoms with Crippen LogP contribution in [-0.2, 0) is 6.18 Å². The summed E-state index contributed by atoms with van der Waals surface area (Å²) in [6, 6.07) is 3.75. The van der Waals surface area contributed by atoms with Crippen LogP contribution in [0.25, 0.3) is 0 Å². The minimum absolute atomic E-state index is 0. The maximum Gasteiger partial charge on any atom is 0.414 e. The Morgan fingerprint density at radius 2 is 1.79 bits per heavy atom. The van der Waals surface area contributed by atoms with Crippen molar-refractivity contribution < 1.29 is 13.2 Å². The van der Waals surface area contributed by atoms with Gasteiger partial charge in [-0.1, -0.05) is 13.8 Å². The number of halogens is 3. The minimum Gasteiger partial charge on any atom is -0.189 e. The maximum absolute atomic E-state index is 12.2. The average molecular weight is 434 g/mol. The monoisotopic (exact) mass is 430 g/mol. The van der Waals surface area contributed by atoms with Gasteiger partial charge < -0.3 is 0 Å². The molecule has 0 aliphatic carbocycles. The van der Waals surface area contributed by atoms with Crippen molar-refractivity contribution in [3.8, 4) is 0 Å². The first-order chi connectivity index (χ1) is 5.95. The Morgan fingerprint density at radius 1 is 1.21 bits per heavy atom. The van der Waals surface area contributed by atoms with Crippen LogP contribution in [-0.4, -0.2) is 0 Å². The van der Waals surface area contributed by atoms with Crippen molar-refractivity contribution in [1.29, 1.82) is 0 Å². The van der Waals surface area contributed by atoms with Gasteiger partial charge >= 0.3 is 6.18 Å². The smallest absolute Gasteiger partial charge is 0.189 e. The van der Waals surface area contributed by atoms with Gasteiger partial charge in [-0.25, -0.2) is 0 Å². The van der Waals surface area contributed by atoms with Crippen LogP contribution < -0.4 is 0 Å². The molecule has 80 valence electrons. The van der Waals surface area contributed by atoms with Gasteiger partial charge in [0.1, 0.15) is 0 Å². The summed E-state index contributed by atoms with van der Waals surface area (Å²) in [4.78, 5) is 0. The van der Waals surface area contributed by atoms with Crippen LogP contribution >= 0.6 is 0 Å². The van der Waals surface area contributed by atoms with Crippen LogP contribution in [0.1, 0.15) is 23.6 Å². The number of hydrogen-bond acceptors (Lipinski definition) is 0. The first-order valence-corrected chi connectivity index (χ1v) is 3.92. The molecule has 0 bridgehead atoms. The molecule has 0 fully saturated rings. The van der Waals surface area contributed by atoms with Crippen LogP contribution in [0.4, 0.5) is 13.2 Å². The van der Waals surface area contributed by atoms with Gasteiger partial charge in [-0.3, -0.25) is 0 Å². The van der Waals surface area contributed by atoms with Crippen molar-refractivity contribution in [2.24, 2.45) is 0 Å². The van der Waals surface area contributed by atoms with Crippen molar-refractivity contribution in [2.45, 2.75) is 20.0 Å². The van der Waals surface area contributed by atoms with E-state index in [1.807, 2.05) is 0 Å². The summed E-state index contributed by atoms with van der Waals surface area (Å²) in [5.41, 5.74) is 0.904. The number of rotatable bonds is 1. The predicted octanol–water partition coefficient (Wildman–Crippen LogP) is 3.59. The zero-order chi connectivity index (χ0) is 10.1. The van der Waals surface area contributed by atoms with E-state index in [1.165, 1.54) is 6.07 Å². The molecule has 1 rings (SSSR count). The van der Waals surface area contributed by atoms with E-state index in [2.05, 4.69) is 0 Å². The largest absolute Gasteiger partial charge is 0.414 e. The van der Waals surface area contributed by atoms with Gasteiger partial charge in [0.15, 0.2) is 0 Å². The van der Waals surface area contributed by atoms with Crippen LogP contribution in [0.2, 0.25) is 0 Å². The number of hydrogen-bond donors (Lipinski definition) is 0. The molecule has 0 aliphatic heterocycles. The summed E-state index contributed by atoms with van der Waals surface area (Å²) >= 11 is 0. The van der Waals surface area contributed by atoms with Crippen LogP contribution in [0, 0.1) is 13.3 Å². The van der Waals surface area contributed by atoms with Gasteiger partial charge in [0.05, 0.1) is 0 Å². The minimum atomic E-state index is -4.24. The first kappa shape index (κ1) is 11.9. The summed E-state index contributed by atoms with van der Waals surface area (Å²) in [7, 11) is 0. The van der Waals surface area contributed by atoms with Crippen molar-refractivity contribution >= 4 is 0 Å². The van der Waals surface area contributed by atoms with E-state index < -0.39 is 11.7 Å². The summed E-state index contributed by atoms with van der Waals surface area (Å²) in [6.45, 7) is 3.47. The molecular weight excluding hydrogens is 424 g/mol. The molecule has 0 heterocycles. The van der Waals surface area contributed by atoms with Gasteiger partial charge in [0.25, 0.3) is 0 Å². The molecular formula is C10H10CmF3-. The van der Waals surface area contributed by atoms with Crippen molar-refractivity contribution in [2.75, 3.05) is 0 Å². The summed E-state index contributed by atoms with van der Waals surface area (Å²) in [5.74, 6) is 0. The van der Waals surface area contributed by atoms with E-state index in [1.54, 1.807) is 20.3 Å². The maximum atomic E-state index is 12.2. The molecule has 0 aliphatic rings. The molecule has 0 aromatic heterocycles. The predicted molar refractivity (Wildman–Crippen MR) is 45.3 cm³/mol.